The van der Waals surface area contributed by atoms with E-state index in [0.717, 1.165) is 12.0 Å². The number of rotatable bonds is 3. The molecule has 0 bridgehead atoms. The first kappa shape index (κ1) is 12.8. The van der Waals surface area contributed by atoms with Crippen molar-refractivity contribution < 1.29 is 4.79 Å². The summed E-state index contributed by atoms with van der Waals surface area (Å²) in [5.41, 5.74) is 2.51. The van der Waals surface area contributed by atoms with E-state index in [1.54, 1.807) is 11.6 Å². The Morgan fingerprint density at radius 2 is 2.26 bits per heavy atom. The molecule has 1 aromatic heterocycles. The standard InChI is InChI=1S/C12H9Cl2N3OS/c13-9-3-1-2-6(10(9)14)7-4-8(7)11(18)16-12-17-15-5-19-12/h1-3,5,7-8H,4H2,(H,16,17,18)/t7-,8-/m1/s1. The van der Waals surface area contributed by atoms with Crippen molar-refractivity contribution in [1.29, 1.82) is 0 Å². The second-order valence-electron chi connectivity index (χ2n) is 4.32. The number of amides is 1. The van der Waals surface area contributed by atoms with Crippen LogP contribution >= 0.6 is 34.5 Å². The van der Waals surface area contributed by atoms with Crippen LogP contribution in [0.3, 0.4) is 0 Å². The number of carbonyl (C=O) groups is 1. The molecule has 1 aliphatic rings. The first-order valence-corrected chi connectivity index (χ1v) is 7.31. The van der Waals surface area contributed by atoms with Crippen LogP contribution < -0.4 is 5.32 Å². The van der Waals surface area contributed by atoms with Crippen molar-refractivity contribution >= 4 is 45.6 Å². The lowest BCUT2D eigenvalue weighted by atomic mass is 10.1. The van der Waals surface area contributed by atoms with Crippen LogP contribution in [-0.4, -0.2) is 16.1 Å². The van der Waals surface area contributed by atoms with Crippen LogP contribution in [0.15, 0.2) is 23.7 Å². The molecule has 7 heteroatoms. The number of halogens is 2. The molecule has 0 radical (unpaired) electrons. The summed E-state index contributed by atoms with van der Waals surface area (Å²) in [6.07, 6.45) is 0.782. The number of hydrogen-bond donors (Lipinski definition) is 1. The second kappa shape index (κ2) is 5.07. The van der Waals surface area contributed by atoms with Crippen LogP contribution in [-0.2, 0) is 4.79 Å². The Labute approximate surface area is 123 Å². The van der Waals surface area contributed by atoms with Crippen LogP contribution in [0.4, 0.5) is 5.13 Å². The van der Waals surface area contributed by atoms with Gasteiger partial charge in [0.1, 0.15) is 5.51 Å². The fourth-order valence-corrected chi connectivity index (χ4v) is 2.96. The van der Waals surface area contributed by atoms with Crippen molar-refractivity contribution in [3.63, 3.8) is 0 Å². The number of nitrogens with zero attached hydrogens (tertiary/aromatic N) is 2. The molecule has 1 fully saturated rings. The first-order chi connectivity index (χ1) is 9.16. The molecule has 0 aliphatic heterocycles. The van der Waals surface area contributed by atoms with Crippen molar-refractivity contribution in [3.8, 4) is 0 Å². The Morgan fingerprint density at radius 1 is 1.42 bits per heavy atom. The van der Waals surface area contributed by atoms with E-state index >= 15 is 0 Å². The number of carbonyl (C=O) groups excluding carboxylic acids is 1. The van der Waals surface area contributed by atoms with E-state index in [1.165, 1.54) is 11.3 Å². The highest BCUT2D eigenvalue weighted by Gasteiger charge is 2.45. The van der Waals surface area contributed by atoms with Gasteiger partial charge >= 0.3 is 0 Å². The summed E-state index contributed by atoms with van der Waals surface area (Å²) in [6, 6.07) is 5.50. The summed E-state index contributed by atoms with van der Waals surface area (Å²) in [5.74, 6) is 0.0248. The zero-order chi connectivity index (χ0) is 13.4. The first-order valence-electron chi connectivity index (χ1n) is 5.67. The highest BCUT2D eigenvalue weighted by atomic mass is 35.5. The normalized spacial score (nSPS) is 21.2. The smallest absolute Gasteiger partial charge is 0.229 e. The van der Waals surface area contributed by atoms with Gasteiger partial charge < -0.3 is 5.32 Å². The lowest BCUT2D eigenvalue weighted by molar-refractivity contribution is -0.117. The second-order valence-corrected chi connectivity index (χ2v) is 5.94. The molecule has 19 heavy (non-hydrogen) atoms. The summed E-state index contributed by atoms with van der Waals surface area (Å²) in [7, 11) is 0. The van der Waals surface area contributed by atoms with Gasteiger partial charge in [-0.05, 0) is 24.0 Å². The van der Waals surface area contributed by atoms with E-state index in [2.05, 4.69) is 15.5 Å². The number of aromatic nitrogens is 2. The van der Waals surface area contributed by atoms with E-state index in [9.17, 15) is 4.79 Å². The van der Waals surface area contributed by atoms with Crippen LogP contribution in [0.5, 0.6) is 0 Å². The molecule has 1 amide bonds. The quantitative estimate of drug-likeness (QED) is 0.942. The molecule has 1 heterocycles. The maximum absolute atomic E-state index is 12.0. The zero-order valence-electron chi connectivity index (χ0n) is 9.64. The van der Waals surface area contributed by atoms with Gasteiger partial charge in [-0.1, -0.05) is 46.7 Å². The highest BCUT2D eigenvalue weighted by Crippen LogP contribution is 2.51. The predicted octanol–water partition coefficient (Wildman–Crippen LogP) is 3.59. The van der Waals surface area contributed by atoms with Gasteiger partial charge in [0.2, 0.25) is 11.0 Å². The maximum atomic E-state index is 12.0. The minimum atomic E-state index is -0.0696. The summed E-state index contributed by atoms with van der Waals surface area (Å²) < 4.78 is 0. The molecule has 1 aliphatic carbocycles. The number of anilines is 1. The average Bonchev–Trinajstić information content (AvgIpc) is 3.03. The third-order valence-corrected chi connectivity index (χ3v) is 4.54. The Kier molecular flexibility index (Phi) is 3.43. The maximum Gasteiger partial charge on any atom is 0.229 e. The van der Waals surface area contributed by atoms with Gasteiger partial charge in [0.05, 0.1) is 10.0 Å². The molecular formula is C12H9Cl2N3OS. The van der Waals surface area contributed by atoms with E-state index < -0.39 is 0 Å². The molecule has 3 rings (SSSR count). The van der Waals surface area contributed by atoms with Gasteiger partial charge in [-0.25, -0.2) is 0 Å². The SMILES string of the molecule is O=C(Nc1nncs1)[C@@H]1C[C@@H]1c1cccc(Cl)c1Cl. The largest absolute Gasteiger partial charge is 0.300 e. The number of benzene rings is 1. The van der Waals surface area contributed by atoms with Crippen LogP contribution in [0.2, 0.25) is 10.0 Å². The van der Waals surface area contributed by atoms with Gasteiger partial charge in [0, 0.05) is 5.92 Å². The van der Waals surface area contributed by atoms with Crippen LogP contribution in [0, 0.1) is 5.92 Å². The Hall–Kier alpha value is -1.17. The predicted molar refractivity (Wildman–Crippen MR) is 75.8 cm³/mol. The Balaban J connectivity index is 1.70. The summed E-state index contributed by atoms with van der Waals surface area (Å²) in [6.45, 7) is 0. The molecule has 1 aromatic carbocycles. The Bertz CT molecular complexity index is 617. The van der Waals surface area contributed by atoms with E-state index in [-0.39, 0.29) is 17.7 Å². The lowest BCUT2D eigenvalue weighted by Gasteiger charge is -2.05. The molecule has 4 nitrogen and oxygen atoms in total. The minimum Gasteiger partial charge on any atom is -0.300 e. The molecule has 98 valence electrons. The molecule has 1 N–H and O–H groups in total. The van der Waals surface area contributed by atoms with E-state index in [0.29, 0.717) is 15.2 Å². The van der Waals surface area contributed by atoms with Gasteiger partial charge in [0.25, 0.3) is 0 Å². The molecular weight excluding hydrogens is 305 g/mol. The van der Waals surface area contributed by atoms with Gasteiger partial charge in [-0.15, -0.1) is 10.2 Å². The third-order valence-electron chi connectivity index (χ3n) is 3.10. The summed E-state index contributed by atoms with van der Waals surface area (Å²) >= 11 is 13.4. The van der Waals surface area contributed by atoms with Crippen LogP contribution in [0.25, 0.3) is 0 Å². The van der Waals surface area contributed by atoms with Crippen molar-refractivity contribution in [3.05, 3.63) is 39.3 Å². The molecule has 0 spiro atoms. The molecule has 2 atom stereocenters. The molecule has 0 saturated heterocycles. The topological polar surface area (TPSA) is 54.9 Å². The monoisotopic (exact) mass is 313 g/mol. The van der Waals surface area contributed by atoms with Crippen molar-refractivity contribution in [2.45, 2.75) is 12.3 Å². The highest BCUT2D eigenvalue weighted by molar-refractivity contribution is 7.13. The molecule has 1 saturated carbocycles. The van der Waals surface area contributed by atoms with Crippen molar-refractivity contribution in [2.75, 3.05) is 5.32 Å². The summed E-state index contributed by atoms with van der Waals surface area (Å²) in [5, 5.41) is 11.8. The van der Waals surface area contributed by atoms with Crippen LogP contribution in [0.1, 0.15) is 17.9 Å². The van der Waals surface area contributed by atoms with E-state index in [4.69, 9.17) is 23.2 Å². The van der Waals surface area contributed by atoms with Gasteiger partial charge in [-0.3, -0.25) is 4.79 Å². The number of hydrogen-bond acceptors (Lipinski definition) is 4. The van der Waals surface area contributed by atoms with E-state index in [1.807, 2.05) is 12.1 Å². The fourth-order valence-electron chi connectivity index (χ4n) is 2.06. The van der Waals surface area contributed by atoms with Gasteiger partial charge in [0.15, 0.2) is 0 Å². The molecule has 0 unspecified atom stereocenters. The lowest BCUT2D eigenvalue weighted by Crippen LogP contribution is -2.14. The average molecular weight is 314 g/mol. The van der Waals surface area contributed by atoms with Crippen molar-refractivity contribution in [1.82, 2.24) is 10.2 Å². The third kappa shape index (κ3) is 2.59. The van der Waals surface area contributed by atoms with Gasteiger partial charge in [-0.2, -0.15) is 0 Å². The molecule has 2 aromatic rings. The summed E-state index contributed by atoms with van der Waals surface area (Å²) in [4.78, 5) is 12.0. The zero-order valence-corrected chi connectivity index (χ0v) is 12.0. The Morgan fingerprint density at radius 3 is 3.00 bits per heavy atom. The minimum absolute atomic E-state index is 0.0437. The number of nitrogens with one attached hydrogen (secondary N) is 1. The van der Waals surface area contributed by atoms with Crippen molar-refractivity contribution in [2.24, 2.45) is 5.92 Å². The fraction of sp³-hybridized carbons (Fsp3) is 0.250.